The normalized spacial score (nSPS) is 13.0. The van der Waals surface area contributed by atoms with Crippen molar-refractivity contribution in [2.45, 2.75) is 20.8 Å². The Morgan fingerprint density at radius 3 is 2.61 bits per heavy atom. The second-order valence-electron chi connectivity index (χ2n) is 4.92. The highest BCUT2D eigenvalue weighted by atomic mass is 16.5. The van der Waals surface area contributed by atoms with Gasteiger partial charge in [-0.1, -0.05) is 6.58 Å². The fourth-order valence-corrected chi connectivity index (χ4v) is 1.52. The number of Topliss-reactive ketones (excluding diaryl/α,β-unsaturated/α-hetero) is 1. The molecule has 0 saturated carbocycles. The van der Waals surface area contributed by atoms with Gasteiger partial charge in [0.05, 0.1) is 0 Å². The van der Waals surface area contributed by atoms with E-state index in [0.29, 0.717) is 23.9 Å². The Labute approximate surface area is 136 Å². The van der Waals surface area contributed by atoms with E-state index in [0.717, 1.165) is 11.3 Å². The van der Waals surface area contributed by atoms with Crippen LogP contribution in [0.25, 0.3) is 5.70 Å². The topological polar surface area (TPSA) is 68.8 Å². The quantitative estimate of drug-likeness (QED) is 0.336. The fourth-order valence-electron chi connectivity index (χ4n) is 1.52. The summed E-state index contributed by atoms with van der Waals surface area (Å²) < 4.78 is 7.27. The van der Waals surface area contributed by atoms with Crippen LogP contribution >= 0.6 is 0 Å². The summed E-state index contributed by atoms with van der Waals surface area (Å²) in [5.41, 5.74) is 2.86. The van der Waals surface area contributed by atoms with Gasteiger partial charge in [0, 0.05) is 37.6 Å². The van der Waals surface area contributed by atoms with Crippen molar-refractivity contribution in [2.24, 2.45) is 9.98 Å². The minimum absolute atomic E-state index is 0.0897. The monoisotopic (exact) mass is 314 g/mol. The number of ketones is 1. The first kappa shape index (κ1) is 18.3. The van der Waals surface area contributed by atoms with Crippen LogP contribution in [0.2, 0.25) is 0 Å². The predicted octanol–water partition coefficient (Wildman–Crippen LogP) is 3.15. The maximum absolute atomic E-state index is 11.2. The van der Waals surface area contributed by atoms with Crippen molar-refractivity contribution in [1.82, 2.24) is 9.55 Å². The highest BCUT2D eigenvalue weighted by molar-refractivity contribution is 5.92. The van der Waals surface area contributed by atoms with Gasteiger partial charge in [0.2, 0.25) is 5.90 Å². The number of nitrogens with zero attached hydrogens (tertiary/aromatic N) is 4. The van der Waals surface area contributed by atoms with Gasteiger partial charge in [0.15, 0.2) is 5.78 Å². The van der Waals surface area contributed by atoms with Gasteiger partial charge in [-0.15, -0.1) is 0 Å². The van der Waals surface area contributed by atoms with E-state index in [9.17, 15) is 4.79 Å². The van der Waals surface area contributed by atoms with Crippen LogP contribution < -0.4 is 0 Å². The van der Waals surface area contributed by atoms with Crippen molar-refractivity contribution in [3.63, 3.8) is 0 Å². The van der Waals surface area contributed by atoms with Crippen LogP contribution in [0.4, 0.5) is 0 Å². The Morgan fingerprint density at radius 1 is 1.39 bits per heavy atom. The summed E-state index contributed by atoms with van der Waals surface area (Å²) in [4.78, 5) is 23.2. The zero-order valence-corrected chi connectivity index (χ0v) is 14.0. The molecule has 0 aliphatic rings. The lowest BCUT2D eigenvalue weighted by Crippen LogP contribution is -2.05. The largest absolute Gasteiger partial charge is 0.473 e. The first-order valence-corrected chi connectivity index (χ1v) is 7.04. The summed E-state index contributed by atoms with van der Waals surface area (Å²) in [5.74, 6) is 0.377. The van der Waals surface area contributed by atoms with Gasteiger partial charge in [-0.2, -0.15) is 0 Å². The second kappa shape index (κ2) is 8.63. The van der Waals surface area contributed by atoms with Crippen LogP contribution in [0.3, 0.4) is 0 Å². The lowest BCUT2D eigenvalue weighted by molar-refractivity contribution is 0.101. The van der Waals surface area contributed by atoms with Crippen LogP contribution in [-0.2, 0) is 4.74 Å². The molecule has 0 atom stereocenters. The van der Waals surface area contributed by atoms with E-state index in [1.54, 1.807) is 36.3 Å². The third-order valence-corrected chi connectivity index (χ3v) is 3.20. The molecule has 0 amide bonds. The summed E-state index contributed by atoms with van der Waals surface area (Å²) in [6.07, 6.45) is 6.62. The van der Waals surface area contributed by atoms with E-state index in [1.807, 2.05) is 13.8 Å². The number of carbonyl (C=O) groups is 1. The standard InChI is InChI=1S/C17H22N4O2/c1-12(14(3)18-5)10-23-17(19-6)8-7-13(2)21-9-16(15(4)22)20-11-21/h7-9,11H,2,5,10H2,1,3-4,6H3/b8-7-,14-12+,19-17?. The Hall–Kier alpha value is -2.76. The number of ether oxygens (including phenoxy) is 1. The third-order valence-electron chi connectivity index (χ3n) is 3.20. The maximum atomic E-state index is 11.2. The summed E-state index contributed by atoms with van der Waals surface area (Å²) in [6.45, 7) is 13.1. The molecule has 1 heterocycles. The summed E-state index contributed by atoms with van der Waals surface area (Å²) in [6, 6.07) is 0. The van der Waals surface area contributed by atoms with Gasteiger partial charge in [-0.05, 0) is 32.2 Å². The molecule has 0 unspecified atom stereocenters. The number of hydrogen-bond donors (Lipinski definition) is 0. The lowest BCUT2D eigenvalue weighted by Gasteiger charge is -2.07. The second-order valence-corrected chi connectivity index (χ2v) is 4.92. The van der Waals surface area contributed by atoms with Gasteiger partial charge in [0.1, 0.15) is 18.6 Å². The molecule has 0 saturated heterocycles. The van der Waals surface area contributed by atoms with E-state index >= 15 is 0 Å². The predicted molar refractivity (Wildman–Crippen MR) is 93.9 cm³/mol. The third kappa shape index (κ3) is 5.50. The SMILES string of the molecule is C=N/C(C)=C(\C)COC(/C=C\C(=C)n1cnc(C(C)=O)c1)=NC. The summed E-state index contributed by atoms with van der Waals surface area (Å²) in [5, 5.41) is 0. The molecule has 0 fully saturated rings. The van der Waals surface area contributed by atoms with Crippen molar-refractivity contribution in [3.05, 3.63) is 48.2 Å². The minimum Gasteiger partial charge on any atom is -0.473 e. The molecule has 1 rings (SSSR count). The van der Waals surface area contributed by atoms with Crippen molar-refractivity contribution < 1.29 is 9.53 Å². The van der Waals surface area contributed by atoms with Crippen molar-refractivity contribution in [3.8, 4) is 0 Å². The molecule has 1 aromatic heterocycles. The fraction of sp³-hybridized carbons (Fsp3) is 0.294. The van der Waals surface area contributed by atoms with Crippen molar-refractivity contribution in [1.29, 1.82) is 0 Å². The van der Waals surface area contributed by atoms with Crippen LogP contribution in [0.1, 0.15) is 31.3 Å². The number of imidazole rings is 1. The Kier molecular flexibility index (Phi) is 6.86. The molecule has 0 radical (unpaired) electrons. The molecule has 0 aliphatic heterocycles. The van der Waals surface area contributed by atoms with E-state index in [4.69, 9.17) is 4.74 Å². The van der Waals surface area contributed by atoms with Crippen LogP contribution in [0.15, 0.2) is 52.5 Å². The number of aromatic nitrogens is 2. The van der Waals surface area contributed by atoms with Gasteiger partial charge < -0.3 is 9.30 Å². The number of aliphatic imine (C=N–C) groups is 2. The maximum Gasteiger partial charge on any atom is 0.208 e. The molecule has 0 bridgehead atoms. The average Bonchev–Trinajstić information content (AvgIpc) is 3.04. The lowest BCUT2D eigenvalue weighted by atomic mass is 10.2. The zero-order valence-electron chi connectivity index (χ0n) is 14.0. The van der Waals surface area contributed by atoms with E-state index in [-0.39, 0.29) is 5.78 Å². The first-order valence-electron chi connectivity index (χ1n) is 7.04. The number of hydrogen-bond acceptors (Lipinski definition) is 5. The highest BCUT2D eigenvalue weighted by Crippen LogP contribution is 2.08. The Morgan fingerprint density at radius 2 is 2.09 bits per heavy atom. The van der Waals surface area contributed by atoms with Gasteiger partial charge in [-0.25, -0.2) is 4.98 Å². The molecular formula is C17H22N4O2. The van der Waals surface area contributed by atoms with Crippen LogP contribution in [0, 0.1) is 0 Å². The summed E-state index contributed by atoms with van der Waals surface area (Å²) in [7, 11) is 1.64. The number of carbonyl (C=O) groups excluding carboxylic acids is 1. The molecule has 122 valence electrons. The Bertz CT molecular complexity index is 693. The molecule has 6 nitrogen and oxygen atoms in total. The smallest absolute Gasteiger partial charge is 0.208 e. The van der Waals surface area contributed by atoms with E-state index in [2.05, 4.69) is 28.3 Å². The molecule has 0 aliphatic carbocycles. The number of allylic oxidation sites excluding steroid dienone is 3. The van der Waals surface area contributed by atoms with E-state index < -0.39 is 0 Å². The van der Waals surface area contributed by atoms with Crippen molar-refractivity contribution in [2.75, 3.05) is 13.7 Å². The molecule has 0 aromatic carbocycles. The molecule has 0 spiro atoms. The average molecular weight is 314 g/mol. The molecule has 6 heteroatoms. The Balaban J connectivity index is 2.71. The van der Waals surface area contributed by atoms with Crippen molar-refractivity contribution >= 4 is 24.1 Å². The molecular weight excluding hydrogens is 292 g/mol. The minimum atomic E-state index is -0.0897. The molecule has 23 heavy (non-hydrogen) atoms. The molecule has 1 aromatic rings. The van der Waals surface area contributed by atoms with E-state index in [1.165, 1.54) is 6.92 Å². The first-order chi connectivity index (χ1) is 10.9. The van der Waals surface area contributed by atoms with Gasteiger partial charge in [-0.3, -0.25) is 14.8 Å². The van der Waals surface area contributed by atoms with Gasteiger partial charge >= 0.3 is 0 Å². The van der Waals surface area contributed by atoms with Gasteiger partial charge in [0.25, 0.3) is 0 Å². The summed E-state index contributed by atoms with van der Waals surface area (Å²) >= 11 is 0. The highest BCUT2D eigenvalue weighted by Gasteiger charge is 2.04. The molecule has 0 N–H and O–H groups in total. The zero-order chi connectivity index (χ0) is 17.4. The van der Waals surface area contributed by atoms with Crippen LogP contribution in [0.5, 0.6) is 0 Å². The number of rotatable bonds is 7. The van der Waals surface area contributed by atoms with Crippen LogP contribution in [-0.4, -0.2) is 41.6 Å².